The summed E-state index contributed by atoms with van der Waals surface area (Å²) >= 11 is 0. The smallest absolute Gasteiger partial charge is 0.343 e. The van der Waals surface area contributed by atoms with Crippen molar-refractivity contribution in [1.29, 1.82) is 0 Å². The summed E-state index contributed by atoms with van der Waals surface area (Å²) in [6.07, 6.45) is -1.36. The fraction of sp³-hybridized carbons (Fsp3) is 0.375. The Morgan fingerprint density at radius 3 is 2.00 bits per heavy atom. The number of fused-ring (bicyclic) bond motifs is 1. The summed E-state index contributed by atoms with van der Waals surface area (Å²) in [6.45, 7) is 9.68. The van der Waals surface area contributed by atoms with Gasteiger partial charge in [-0.25, -0.2) is 4.79 Å². The van der Waals surface area contributed by atoms with E-state index in [0.717, 1.165) is 22.1 Å². The van der Waals surface area contributed by atoms with Crippen LogP contribution in [-0.4, -0.2) is 16.3 Å². The second kappa shape index (κ2) is 6.80. The van der Waals surface area contributed by atoms with E-state index in [-0.39, 0.29) is 5.76 Å². The van der Waals surface area contributed by atoms with Gasteiger partial charge in [-0.1, -0.05) is 42.5 Å². The summed E-state index contributed by atoms with van der Waals surface area (Å²) in [6, 6.07) is 15.0. The molecule has 4 rings (SSSR count). The Balaban J connectivity index is 1.79. The Labute approximate surface area is 169 Å². The summed E-state index contributed by atoms with van der Waals surface area (Å²) in [5.74, 6) is 0.261. The van der Waals surface area contributed by atoms with Gasteiger partial charge in [0.15, 0.2) is 6.29 Å². The maximum Gasteiger partial charge on any atom is 0.343 e. The van der Waals surface area contributed by atoms with Crippen molar-refractivity contribution >= 4 is 10.8 Å². The predicted octanol–water partition coefficient (Wildman–Crippen LogP) is 5.12. The predicted molar refractivity (Wildman–Crippen MR) is 112 cm³/mol. The lowest BCUT2D eigenvalue weighted by Crippen LogP contribution is -2.41. The van der Waals surface area contributed by atoms with E-state index in [1.165, 1.54) is 0 Å². The van der Waals surface area contributed by atoms with Gasteiger partial charge in [-0.3, -0.25) is 0 Å². The first-order chi connectivity index (χ1) is 13.6. The molecule has 5 heteroatoms. The molecule has 3 aromatic rings. The molecular formula is C24H26O5. The Morgan fingerprint density at radius 2 is 1.45 bits per heavy atom. The van der Waals surface area contributed by atoms with Crippen molar-refractivity contribution in [3.8, 4) is 11.1 Å². The van der Waals surface area contributed by atoms with Crippen LogP contribution in [0, 0.1) is 0 Å². The second-order valence-electron chi connectivity index (χ2n) is 8.56. The Kier molecular flexibility index (Phi) is 4.65. The Morgan fingerprint density at radius 1 is 0.897 bits per heavy atom. The molecule has 1 unspecified atom stereocenters. The lowest BCUT2D eigenvalue weighted by molar-refractivity contribution is -0.0895. The molecule has 0 saturated carbocycles. The Hall–Kier alpha value is -2.47. The molecule has 29 heavy (non-hydrogen) atoms. The maximum atomic E-state index is 12.3. The molecule has 5 nitrogen and oxygen atoms in total. The van der Waals surface area contributed by atoms with E-state index in [9.17, 15) is 9.90 Å². The fourth-order valence-electron chi connectivity index (χ4n) is 3.60. The number of hydrogen-bond acceptors (Lipinski definition) is 5. The van der Waals surface area contributed by atoms with E-state index in [1.54, 1.807) is 19.1 Å². The zero-order chi connectivity index (χ0) is 21.0. The van der Waals surface area contributed by atoms with Gasteiger partial charge in [0.1, 0.15) is 11.9 Å². The third-order valence-electron chi connectivity index (χ3n) is 5.97. The zero-order valence-electron chi connectivity index (χ0n) is 17.4. The molecule has 1 aliphatic rings. The highest BCUT2D eigenvalue weighted by atomic mass is 16.7. The van der Waals surface area contributed by atoms with Crippen molar-refractivity contribution in [2.45, 2.75) is 58.2 Å². The molecule has 1 aliphatic heterocycles. The standard InChI is InChI=1S/C24H26O5/c1-14(25)20-19(17-8-6-7-9-18(17)21(26)27-20)15-10-12-16(13-11-15)22-28-23(2,3)24(4,5)29-22/h6-14,22,25H,1-5H3. The van der Waals surface area contributed by atoms with Crippen LogP contribution in [0.4, 0.5) is 0 Å². The van der Waals surface area contributed by atoms with Crippen molar-refractivity contribution in [3.05, 3.63) is 70.3 Å². The molecule has 0 aliphatic carbocycles. The van der Waals surface area contributed by atoms with E-state index >= 15 is 0 Å². The van der Waals surface area contributed by atoms with Gasteiger partial charge in [-0.05, 0) is 46.2 Å². The van der Waals surface area contributed by atoms with Gasteiger partial charge in [0, 0.05) is 16.5 Å². The first kappa shape index (κ1) is 19.8. The summed E-state index contributed by atoms with van der Waals surface area (Å²) in [4.78, 5) is 12.3. The van der Waals surface area contributed by atoms with Gasteiger partial charge in [-0.2, -0.15) is 0 Å². The van der Waals surface area contributed by atoms with Crippen LogP contribution in [0.15, 0.2) is 57.7 Å². The van der Waals surface area contributed by atoms with Crippen LogP contribution in [0.5, 0.6) is 0 Å². The Bertz CT molecular complexity index is 1090. The molecule has 0 radical (unpaired) electrons. The largest absolute Gasteiger partial charge is 0.424 e. The second-order valence-corrected chi connectivity index (χ2v) is 8.56. The van der Waals surface area contributed by atoms with E-state index in [1.807, 2.05) is 64.1 Å². The molecule has 152 valence electrons. The van der Waals surface area contributed by atoms with Crippen LogP contribution >= 0.6 is 0 Å². The van der Waals surface area contributed by atoms with Crippen LogP contribution in [0.25, 0.3) is 21.9 Å². The number of aliphatic hydroxyl groups excluding tert-OH is 1. The summed E-state index contributed by atoms with van der Waals surface area (Å²) in [7, 11) is 0. The van der Waals surface area contributed by atoms with Crippen molar-refractivity contribution in [2.24, 2.45) is 0 Å². The molecular weight excluding hydrogens is 368 g/mol. The molecule has 2 heterocycles. The van der Waals surface area contributed by atoms with Crippen LogP contribution in [0.1, 0.15) is 58.3 Å². The SMILES string of the molecule is CC(O)c1oc(=O)c2ccccc2c1-c1ccc(C2OC(C)(C)C(C)(C)O2)cc1. The van der Waals surface area contributed by atoms with Gasteiger partial charge in [0.25, 0.3) is 0 Å². The first-order valence-corrected chi connectivity index (χ1v) is 9.80. The van der Waals surface area contributed by atoms with E-state index in [4.69, 9.17) is 13.9 Å². The molecule has 2 aromatic carbocycles. The zero-order valence-corrected chi connectivity index (χ0v) is 17.4. The molecule has 1 saturated heterocycles. The van der Waals surface area contributed by atoms with Crippen LogP contribution < -0.4 is 5.63 Å². The lowest BCUT2D eigenvalue weighted by atomic mass is 9.90. The topological polar surface area (TPSA) is 68.9 Å². The normalized spacial score (nSPS) is 19.5. The number of hydrogen-bond donors (Lipinski definition) is 1. The number of benzene rings is 2. The van der Waals surface area contributed by atoms with Crippen LogP contribution in [0.3, 0.4) is 0 Å². The third kappa shape index (κ3) is 3.29. The lowest BCUT2D eigenvalue weighted by Gasteiger charge is -2.30. The summed E-state index contributed by atoms with van der Waals surface area (Å²) in [5.41, 5.74) is 1.21. The molecule has 1 fully saturated rings. The molecule has 0 bridgehead atoms. The minimum absolute atomic E-state index is 0.261. The van der Waals surface area contributed by atoms with Gasteiger partial charge >= 0.3 is 5.63 Å². The van der Waals surface area contributed by atoms with E-state index in [2.05, 4.69) is 0 Å². The first-order valence-electron chi connectivity index (χ1n) is 9.80. The van der Waals surface area contributed by atoms with Gasteiger partial charge in [0.2, 0.25) is 0 Å². The minimum atomic E-state index is -0.912. The molecule has 1 aromatic heterocycles. The number of rotatable bonds is 3. The van der Waals surface area contributed by atoms with E-state index < -0.39 is 29.2 Å². The number of ether oxygens (including phenoxy) is 2. The van der Waals surface area contributed by atoms with Gasteiger partial charge in [0.05, 0.1) is 16.6 Å². The van der Waals surface area contributed by atoms with Crippen molar-refractivity contribution in [2.75, 3.05) is 0 Å². The van der Waals surface area contributed by atoms with Crippen molar-refractivity contribution in [1.82, 2.24) is 0 Å². The molecule has 1 atom stereocenters. The quantitative estimate of drug-likeness (QED) is 0.668. The van der Waals surface area contributed by atoms with Crippen molar-refractivity contribution in [3.63, 3.8) is 0 Å². The summed E-state index contributed by atoms with van der Waals surface area (Å²) < 4.78 is 17.7. The molecule has 1 N–H and O–H groups in total. The minimum Gasteiger partial charge on any atom is -0.424 e. The maximum absolute atomic E-state index is 12.3. The highest BCUT2D eigenvalue weighted by Gasteiger charge is 2.49. The third-order valence-corrected chi connectivity index (χ3v) is 5.97. The summed E-state index contributed by atoms with van der Waals surface area (Å²) in [5, 5.41) is 11.5. The molecule has 0 amide bonds. The fourth-order valence-corrected chi connectivity index (χ4v) is 3.60. The molecule has 0 spiro atoms. The van der Waals surface area contributed by atoms with Gasteiger partial charge < -0.3 is 19.0 Å². The average molecular weight is 394 g/mol. The number of aliphatic hydroxyl groups is 1. The average Bonchev–Trinajstić information content (AvgIpc) is 2.89. The highest BCUT2D eigenvalue weighted by molar-refractivity contribution is 5.96. The monoisotopic (exact) mass is 394 g/mol. The van der Waals surface area contributed by atoms with Crippen LogP contribution in [-0.2, 0) is 9.47 Å². The van der Waals surface area contributed by atoms with Crippen molar-refractivity contribution < 1.29 is 19.0 Å². The van der Waals surface area contributed by atoms with Gasteiger partial charge in [-0.15, -0.1) is 0 Å². The highest BCUT2D eigenvalue weighted by Crippen LogP contribution is 2.45. The van der Waals surface area contributed by atoms with Crippen LogP contribution in [0.2, 0.25) is 0 Å². The van der Waals surface area contributed by atoms with E-state index in [0.29, 0.717) is 5.39 Å².